The summed E-state index contributed by atoms with van der Waals surface area (Å²) in [7, 11) is 0. The molecule has 1 atom stereocenters. The molecule has 1 rings (SSSR count). The molecule has 0 aliphatic rings. The van der Waals surface area contributed by atoms with E-state index in [9.17, 15) is 9.90 Å². The van der Waals surface area contributed by atoms with Gasteiger partial charge in [-0.3, -0.25) is 4.79 Å². The molecular weight excluding hydrogens is 315 g/mol. The maximum Gasteiger partial charge on any atom is 0.159 e. The Labute approximate surface area is 109 Å². The summed E-state index contributed by atoms with van der Waals surface area (Å²) in [5.41, 5.74) is 1.41. The average molecular weight is 328 g/mol. The van der Waals surface area contributed by atoms with Crippen LogP contribution >= 0.6 is 22.6 Å². The third kappa shape index (κ3) is 3.90. The van der Waals surface area contributed by atoms with Gasteiger partial charge >= 0.3 is 0 Å². The molecule has 3 heteroatoms. The fraction of sp³-hybridized carbons (Fsp3) is 0.154. The van der Waals surface area contributed by atoms with Crippen LogP contribution in [0.1, 0.15) is 12.5 Å². The lowest BCUT2D eigenvalue weighted by Crippen LogP contribution is -2.12. The number of hydrogen-bond donors (Lipinski definition) is 1. The van der Waals surface area contributed by atoms with Crippen LogP contribution in [0, 0.1) is 0 Å². The maximum atomic E-state index is 11.2. The number of aliphatic hydroxyl groups excluding tert-OH is 1. The summed E-state index contributed by atoms with van der Waals surface area (Å²) < 4.78 is 1.61. The van der Waals surface area contributed by atoms with Gasteiger partial charge in [-0.05, 0) is 16.6 Å². The molecule has 2 nitrogen and oxygen atoms in total. The van der Waals surface area contributed by atoms with Gasteiger partial charge in [-0.2, -0.15) is 0 Å². The van der Waals surface area contributed by atoms with Crippen LogP contribution in [0.15, 0.2) is 46.1 Å². The van der Waals surface area contributed by atoms with E-state index in [1.165, 1.54) is 6.92 Å². The summed E-state index contributed by atoms with van der Waals surface area (Å²) in [6, 6.07) is 9.65. The second kappa shape index (κ2) is 6.60. The van der Waals surface area contributed by atoms with Crippen molar-refractivity contribution in [2.24, 2.45) is 0 Å². The predicted molar refractivity (Wildman–Crippen MR) is 74.3 cm³/mol. The lowest BCUT2D eigenvalue weighted by molar-refractivity contribution is -0.114. The lowest BCUT2D eigenvalue weighted by atomic mass is 10.1. The van der Waals surface area contributed by atoms with Gasteiger partial charge in [0.15, 0.2) is 5.78 Å². The van der Waals surface area contributed by atoms with Crippen molar-refractivity contribution in [3.63, 3.8) is 0 Å². The first kappa shape index (κ1) is 13.1. The highest BCUT2D eigenvalue weighted by Gasteiger charge is 2.10. The number of rotatable bonds is 4. The van der Waals surface area contributed by atoms with Gasteiger partial charge < -0.3 is 5.11 Å². The largest absolute Gasteiger partial charge is 0.384 e. The summed E-state index contributed by atoms with van der Waals surface area (Å²) >= 11 is 1.96. The SMILES string of the molecule is CC(=O)/C(=C\I)C(O)/C=C/c1ccccc1. The predicted octanol–water partition coefficient (Wildman–Crippen LogP) is 2.97. The number of carbonyl (C=O) groups is 1. The molecule has 1 unspecified atom stereocenters. The van der Waals surface area contributed by atoms with Crippen molar-refractivity contribution in [3.8, 4) is 0 Å². The fourth-order valence-corrected chi connectivity index (χ4v) is 2.03. The first-order valence-electron chi connectivity index (χ1n) is 4.87. The Balaban J connectivity index is 2.75. The summed E-state index contributed by atoms with van der Waals surface area (Å²) in [5.74, 6) is -0.111. The van der Waals surface area contributed by atoms with E-state index in [1.807, 2.05) is 52.9 Å². The van der Waals surface area contributed by atoms with Crippen LogP contribution in [-0.2, 0) is 4.79 Å². The molecule has 0 aliphatic carbocycles. The van der Waals surface area contributed by atoms with Crippen molar-refractivity contribution < 1.29 is 9.90 Å². The van der Waals surface area contributed by atoms with Crippen LogP contribution in [0.3, 0.4) is 0 Å². The number of carbonyl (C=O) groups excluding carboxylic acids is 1. The molecule has 0 aliphatic heterocycles. The standard InChI is InChI=1S/C13H13IO2/c1-10(15)12(9-14)13(16)8-7-11-5-3-2-4-6-11/h2-9,13,16H,1H3/b8-7+,12-9+. The van der Waals surface area contributed by atoms with Gasteiger partial charge in [0.1, 0.15) is 6.10 Å². The molecule has 0 amide bonds. The highest BCUT2D eigenvalue weighted by molar-refractivity contribution is 14.1. The van der Waals surface area contributed by atoms with E-state index in [-0.39, 0.29) is 5.78 Å². The molecule has 0 bridgehead atoms. The molecule has 0 saturated heterocycles. The number of halogens is 1. The summed E-state index contributed by atoms with van der Waals surface area (Å²) in [6.45, 7) is 1.45. The van der Waals surface area contributed by atoms with E-state index in [1.54, 1.807) is 16.2 Å². The minimum absolute atomic E-state index is 0.111. The molecule has 0 spiro atoms. The molecule has 0 saturated carbocycles. The monoisotopic (exact) mass is 328 g/mol. The van der Waals surface area contributed by atoms with Crippen LogP contribution in [0.4, 0.5) is 0 Å². The lowest BCUT2D eigenvalue weighted by Gasteiger charge is -2.06. The number of benzene rings is 1. The third-order valence-corrected chi connectivity index (χ3v) is 2.78. The first-order chi connectivity index (χ1) is 7.65. The van der Waals surface area contributed by atoms with Crippen LogP contribution < -0.4 is 0 Å². The van der Waals surface area contributed by atoms with E-state index >= 15 is 0 Å². The molecule has 0 fully saturated rings. The Kier molecular flexibility index (Phi) is 5.42. The van der Waals surface area contributed by atoms with Crippen LogP contribution in [0.25, 0.3) is 6.08 Å². The Hall–Kier alpha value is -0.940. The van der Waals surface area contributed by atoms with Crippen molar-refractivity contribution in [1.29, 1.82) is 0 Å². The Morgan fingerprint density at radius 2 is 2.00 bits per heavy atom. The zero-order valence-corrected chi connectivity index (χ0v) is 11.1. The summed E-state index contributed by atoms with van der Waals surface area (Å²) in [5, 5.41) is 9.76. The number of ketones is 1. The molecule has 1 N–H and O–H groups in total. The molecule has 0 radical (unpaired) electrons. The molecule has 84 valence electrons. The van der Waals surface area contributed by atoms with Crippen molar-refractivity contribution in [2.45, 2.75) is 13.0 Å². The van der Waals surface area contributed by atoms with Gasteiger partial charge in [0.2, 0.25) is 0 Å². The highest BCUT2D eigenvalue weighted by atomic mass is 127. The minimum Gasteiger partial charge on any atom is -0.384 e. The maximum absolute atomic E-state index is 11.2. The highest BCUT2D eigenvalue weighted by Crippen LogP contribution is 2.10. The van der Waals surface area contributed by atoms with Crippen molar-refractivity contribution in [2.75, 3.05) is 0 Å². The molecule has 0 aromatic heterocycles. The Bertz CT molecular complexity index is 407. The summed E-state index contributed by atoms with van der Waals surface area (Å²) in [4.78, 5) is 11.2. The van der Waals surface area contributed by atoms with E-state index < -0.39 is 6.10 Å². The van der Waals surface area contributed by atoms with Crippen molar-refractivity contribution >= 4 is 34.5 Å². The van der Waals surface area contributed by atoms with Gasteiger partial charge in [-0.15, -0.1) is 0 Å². The number of aliphatic hydroxyl groups is 1. The van der Waals surface area contributed by atoms with E-state index in [2.05, 4.69) is 0 Å². The average Bonchev–Trinajstić information content (AvgIpc) is 2.28. The van der Waals surface area contributed by atoms with Gasteiger partial charge in [-0.25, -0.2) is 0 Å². The number of hydrogen-bond acceptors (Lipinski definition) is 2. The Morgan fingerprint density at radius 1 is 1.38 bits per heavy atom. The van der Waals surface area contributed by atoms with E-state index in [4.69, 9.17) is 0 Å². The molecule has 1 aromatic rings. The van der Waals surface area contributed by atoms with Gasteiger partial charge in [0, 0.05) is 5.57 Å². The van der Waals surface area contributed by atoms with E-state index in [0.717, 1.165) is 5.56 Å². The molecule has 1 aromatic carbocycles. The van der Waals surface area contributed by atoms with Gasteiger partial charge in [0.05, 0.1) is 0 Å². The normalized spacial score (nSPS) is 14.1. The molecule has 16 heavy (non-hydrogen) atoms. The number of Topliss-reactive ketones (excluding diaryl/α,β-unsaturated/α-hetero) is 1. The van der Waals surface area contributed by atoms with Gasteiger partial charge in [-0.1, -0.05) is 65.1 Å². The van der Waals surface area contributed by atoms with Crippen LogP contribution in [0.2, 0.25) is 0 Å². The zero-order chi connectivity index (χ0) is 12.0. The zero-order valence-electron chi connectivity index (χ0n) is 8.93. The molecular formula is C13H13IO2. The second-order valence-corrected chi connectivity index (χ2v) is 3.96. The van der Waals surface area contributed by atoms with E-state index in [0.29, 0.717) is 5.57 Å². The van der Waals surface area contributed by atoms with Crippen molar-refractivity contribution in [1.82, 2.24) is 0 Å². The second-order valence-electron chi connectivity index (χ2n) is 3.34. The molecule has 0 heterocycles. The van der Waals surface area contributed by atoms with Crippen molar-refractivity contribution in [3.05, 3.63) is 51.6 Å². The minimum atomic E-state index is -0.838. The quantitative estimate of drug-likeness (QED) is 0.682. The fourth-order valence-electron chi connectivity index (χ4n) is 1.22. The van der Waals surface area contributed by atoms with Crippen LogP contribution in [-0.4, -0.2) is 17.0 Å². The summed E-state index contributed by atoms with van der Waals surface area (Å²) in [6.07, 6.45) is 2.57. The smallest absolute Gasteiger partial charge is 0.159 e. The topological polar surface area (TPSA) is 37.3 Å². The van der Waals surface area contributed by atoms with Gasteiger partial charge in [0.25, 0.3) is 0 Å². The van der Waals surface area contributed by atoms with Crippen LogP contribution in [0.5, 0.6) is 0 Å². The Morgan fingerprint density at radius 3 is 2.50 bits per heavy atom. The third-order valence-electron chi connectivity index (χ3n) is 2.11. The first-order valence-corrected chi connectivity index (χ1v) is 6.12.